The number of aryl methyl sites for hydroxylation is 2. The zero-order chi connectivity index (χ0) is 24.1. The van der Waals surface area contributed by atoms with E-state index in [1.54, 1.807) is 28.9 Å². The molecule has 1 aliphatic heterocycles. The lowest BCUT2D eigenvalue weighted by Crippen LogP contribution is -2.38. The highest BCUT2D eigenvalue weighted by Crippen LogP contribution is 2.18. The van der Waals surface area contributed by atoms with Crippen LogP contribution in [0.1, 0.15) is 44.2 Å². The number of nitrogens with zero attached hydrogens (tertiary/aromatic N) is 5. The molecule has 9 heteroatoms. The van der Waals surface area contributed by atoms with Gasteiger partial charge in [0.2, 0.25) is 5.91 Å². The molecular weight excluding hydrogens is 432 g/mol. The number of fused-ring (bicyclic) bond motifs is 1. The van der Waals surface area contributed by atoms with Gasteiger partial charge in [-0.3, -0.25) is 24.0 Å². The number of nitrogens with one attached hydrogen (secondary N) is 1. The summed E-state index contributed by atoms with van der Waals surface area (Å²) in [5.41, 5.74) is 3.48. The number of aromatic nitrogens is 3. The van der Waals surface area contributed by atoms with Crippen molar-refractivity contribution in [2.75, 3.05) is 20.1 Å². The number of carbonyl (C=O) groups excluding carboxylic acids is 3. The maximum atomic E-state index is 13.2. The smallest absolute Gasteiger partial charge is 0.274 e. The summed E-state index contributed by atoms with van der Waals surface area (Å²) in [5, 5.41) is 7.13. The van der Waals surface area contributed by atoms with Crippen molar-refractivity contribution < 1.29 is 14.4 Å². The zero-order valence-electron chi connectivity index (χ0n) is 19.4. The normalized spacial score (nSPS) is 13.2. The molecule has 176 valence electrons. The van der Waals surface area contributed by atoms with Crippen LogP contribution in [0, 0.1) is 6.92 Å². The summed E-state index contributed by atoms with van der Waals surface area (Å²) in [5.74, 6) is -0.865. The Labute approximate surface area is 198 Å². The van der Waals surface area contributed by atoms with Gasteiger partial charge in [0.05, 0.1) is 18.8 Å². The van der Waals surface area contributed by atoms with Gasteiger partial charge in [-0.25, -0.2) is 0 Å². The SMILES string of the molecule is Cc1cccc(CN2CCCn3nc(C(=O)N(C)CC(=O)NCc4ccccn4)cc3C2=O)c1. The van der Waals surface area contributed by atoms with Crippen LogP contribution >= 0.6 is 0 Å². The summed E-state index contributed by atoms with van der Waals surface area (Å²) < 4.78 is 1.60. The van der Waals surface area contributed by atoms with Gasteiger partial charge in [0.1, 0.15) is 5.69 Å². The number of benzene rings is 1. The first-order valence-corrected chi connectivity index (χ1v) is 11.3. The highest BCUT2D eigenvalue weighted by atomic mass is 16.2. The number of rotatable bonds is 7. The molecule has 4 rings (SSSR count). The van der Waals surface area contributed by atoms with Crippen molar-refractivity contribution in [2.45, 2.75) is 33.0 Å². The van der Waals surface area contributed by atoms with Crippen molar-refractivity contribution in [3.05, 3.63) is 82.9 Å². The molecule has 1 aromatic carbocycles. The van der Waals surface area contributed by atoms with Gasteiger partial charge in [0, 0.05) is 38.9 Å². The fraction of sp³-hybridized carbons (Fsp3) is 0.320. The van der Waals surface area contributed by atoms with E-state index in [1.165, 1.54) is 11.0 Å². The van der Waals surface area contributed by atoms with E-state index in [9.17, 15) is 14.4 Å². The van der Waals surface area contributed by atoms with Crippen molar-refractivity contribution in [1.82, 2.24) is 29.9 Å². The van der Waals surface area contributed by atoms with Gasteiger partial charge in [-0.2, -0.15) is 5.10 Å². The summed E-state index contributed by atoms with van der Waals surface area (Å²) in [6.45, 7) is 3.86. The highest BCUT2D eigenvalue weighted by Gasteiger charge is 2.27. The molecule has 0 saturated carbocycles. The van der Waals surface area contributed by atoms with Crippen molar-refractivity contribution >= 4 is 17.7 Å². The minimum atomic E-state index is -0.411. The predicted octanol–water partition coefficient (Wildman–Crippen LogP) is 2.02. The maximum Gasteiger partial charge on any atom is 0.274 e. The number of amides is 3. The Morgan fingerprint density at radius 2 is 1.97 bits per heavy atom. The van der Waals surface area contributed by atoms with Crippen molar-refractivity contribution in [2.24, 2.45) is 0 Å². The summed E-state index contributed by atoms with van der Waals surface area (Å²) in [6.07, 6.45) is 2.40. The van der Waals surface area contributed by atoms with Crippen LogP contribution in [0.15, 0.2) is 54.7 Å². The molecule has 1 N–H and O–H groups in total. The Balaban J connectivity index is 1.40. The molecule has 0 radical (unpaired) electrons. The average molecular weight is 461 g/mol. The van der Waals surface area contributed by atoms with Gasteiger partial charge in [-0.05, 0) is 31.0 Å². The van der Waals surface area contributed by atoms with Crippen molar-refractivity contribution in [3.8, 4) is 0 Å². The van der Waals surface area contributed by atoms with E-state index in [0.29, 0.717) is 25.3 Å². The molecule has 0 unspecified atom stereocenters. The number of carbonyl (C=O) groups is 3. The van der Waals surface area contributed by atoms with Crippen LogP contribution in [-0.4, -0.2) is 62.4 Å². The van der Waals surface area contributed by atoms with Gasteiger partial charge in [-0.1, -0.05) is 35.9 Å². The molecule has 0 saturated heterocycles. The van der Waals surface area contributed by atoms with Gasteiger partial charge in [-0.15, -0.1) is 0 Å². The first-order chi connectivity index (χ1) is 16.4. The van der Waals surface area contributed by atoms with Crippen LogP contribution in [0.25, 0.3) is 0 Å². The van der Waals surface area contributed by atoms with Crippen molar-refractivity contribution in [1.29, 1.82) is 0 Å². The molecule has 3 aromatic rings. The Morgan fingerprint density at radius 3 is 2.74 bits per heavy atom. The fourth-order valence-electron chi connectivity index (χ4n) is 3.95. The monoisotopic (exact) mass is 460 g/mol. The summed E-state index contributed by atoms with van der Waals surface area (Å²) in [6, 6.07) is 15.1. The maximum absolute atomic E-state index is 13.2. The lowest BCUT2D eigenvalue weighted by Gasteiger charge is -2.20. The largest absolute Gasteiger partial charge is 0.349 e. The molecular formula is C25H28N6O3. The van der Waals surface area contributed by atoms with Crippen molar-refractivity contribution in [3.63, 3.8) is 0 Å². The quantitative estimate of drug-likeness (QED) is 0.582. The molecule has 0 fully saturated rings. The molecule has 0 bridgehead atoms. The molecule has 0 atom stereocenters. The molecule has 0 aliphatic carbocycles. The fourth-order valence-corrected chi connectivity index (χ4v) is 3.95. The van der Waals surface area contributed by atoms with E-state index in [-0.39, 0.29) is 30.6 Å². The molecule has 3 amide bonds. The Bertz CT molecular complexity index is 1190. The van der Waals surface area contributed by atoms with Gasteiger partial charge in [0.25, 0.3) is 11.8 Å². The van der Waals surface area contributed by atoms with Crippen LogP contribution in [0.2, 0.25) is 0 Å². The lowest BCUT2D eigenvalue weighted by molar-refractivity contribution is -0.121. The van der Waals surface area contributed by atoms with E-state index >= 15 is 0 Å². The lowest BCUT2D eigenvalue weighted by atomic mass is 10.1. The Hall–Kier alpha value is -4.01. The van der Waals surface area contributed by atoms with E-state index in [0.717, 1.165) is 23.2 Å². The summed E-state index contributed by atoms with van der Waals surface area (Å²) in [4.78, 5) is 45.6. The third kappa shape index (κ3) is 5.48. The second-order valence-corrected chi connectivity index (χ2v) is 8.47. The number of likely N-dealkylation sites (N-methyl/N-ethyl adjacent to an activating group) is 1. The topological polar surface area (TPSA) is 100 Å². The molecule has 0 spiro atoms. The molecule has 3 heterocycles. The number of pyridine rings is 1. The minimum absolute atomic E-state index is 0.124. The van der Waals surface area contributed by atoms with E-state index < -0.39 is 5.91 Å². The molecule has 34 heavy (non-hydrogen) atoms. The predicted molar refractivity (Wildman–Crippen MR) is 126 cm³/mol. The van der Waals surface area contributed by atoms with Gasteiger partial charge < -0.3 is 15.1 Å². The van der Waals surface area contributed by atoms with Crippen LogP contribution in [-0.2, 0) is 24.4 Å². The first-order valence-electron chi connectivity index (χ1n) is 11.3. The molecule has 1 aliphatic rings. The second kappa shape index (κ2) is 10.3. The summed E-state index contributed by atoms with van der Waals surface area (Å²) >= 11 is 0. The first kappa shape index (κ1) is 23.2. The van der Waals surface area contributed by atoms with Gasteiger partial charge in [0.15, 0.2) is 5.69 Å². The third-order valence-corrected chi connectivity index (χ3v) is 5.68. The van der Waals surface area contributed by atoms with Crippen LogP contribution < -0.4 is 5.32 Å². The second-order valence-electron chi connectivity index (χ2n) is 8.47. The minimum Gasteiger partial charge on any atom is -0.349 e. The van der Waals surface area contributed by atoms with E-state index in [1.807, 2.05) is 37.3 Å². The van der Waals surface area contributed by atoms with Crippen LogP contribution in [0.5, 0.6) is 0 Å². The Morgan fingerprint density at radius 1 is 1.12 bits per heavy atom. The zero-order valence-corrected chi connectivity index (χ0v) is 19.4. The average Bonchev–Trinajstić information content (AvgIpc) is 3.20. The van der Waals surface area contributed by atoms with Crippen LogP contribution in [0.3, 0.4) is 0 Å². The number of hydrogen-bond donors (Lipinski definition) is 1. The van der Waals surface area contributed by atoms with Gasteiger partial charge >= 0.3 is 0 Å². The van der Waals surface area contributed by atoms with E-state index in [2.05, 4.69) is 21.5 Å². The molecule has 9 nitrogen and oxygen atoms in total. The summed E-state index contributed by atoms with van der Waals surface area (Å²) in [7, 11) is 1.54. The number of hydrogen-bond acceptors (Lipinski definition) is 5. The Kier molecular flexibility index (Phi) is 7.01. The highest BCUT2D eigenvalue weighted by molar-refractivity contribution is 5.99. The third-order valence-electron chi connectivity index (χ3n) is 5.68. The standard InChI is InChI=1S/C25H28N6O3/c1-18-7-5-8-19(13-18)16-30-11-6-12-31-22(25(30)34)14-21(28-31)24(33)29(2)17-23(32)27-15-20-9-3-4-10-26-20/h3-5,7-10,13-14H,6,11-12,15-17H2,1-2H3,(H,27,32). The van der Waals surface area contributed by atoms with E-state index in [4.69, 9.17) is 0 Å². The molecule has 2 aromatic heterocycles. The van der Waals surface area contributed by atoms with Crippen LogP contribution in [0.4, 0.5) is 0 Å².